The van der Waals surface area contributed by atoms with Crippen molar-refractivity contribution in [2.24, 2.45) is 5.92 Å². The molecular weight excluding hydrogens is 126 g/mol. The average Bonchev–Trinajstić information content (AvgIpc) is 1.88. The molecule has 0 saturated heterocycles. The van der Waals surface area contributed by atoms with Gasteiger partial charge in [-0.3, -0.25) is 0 Å². The fourth-order valence-electron chi connectivity index (χ4n) is 0.821. The van der Waals surface area contributed by atoms with Gasteiger partial charge in [0, 0.05) is 0 Å². The molecule has 0 spiro atoms. The van der Waals surface area contributed by atoms with E-state index in [1.54, 1.807) is 0 Å². The molecule has 0 rings (SSSR count). The quantitative estimate of drug-likeness (QED) is 0.566. The van der Waals surface area contributed by atoms with Gasteiger partial charge in [0.15, 0.2) is 0 Å². The van der Waals surface area contributed by atoms with Crippen molar-refractivity contribution in [3.8, 4) is 0 Å². The minimum Gasteiger partial charge on any atom is -0.393 e. The van der Waals surface area contributed by atoms with Gasteiger partial charge >= 0.3 is 0 Å². The average molecular weight is 145 g/mol. The zero-order valence-corrected chi connectivity index (χ0v) is 7.22. The maximum Gasteiger partial charge on any atom is 0.0563 e. The molecule has 0 fully saturated rings. The van der Waals surface area contributed by atoms with Crippen LogP contribution in [0.1, 0.15) is 26.7 Å². The molecule has 62 valence electrons. The summed E-state index contributed by atoms with van der Waals surface area (Å²) in [7, 11) is 1.93. The van der Waals surface area contributed by atoms with E-state index in [4.69, 9.17) is 0 Å². The first-order valence-corrected chi connectivity index (χ1v) is 4.01. The highest BCUT2D eigenvalue weighted by Gasteiger charge is 2.06. The van der Waals surface area contributed by atoms with Crippen molar-refractivity contribution in [3.05, 3.63) is 0 Å². The van der Waals surface area contributed by atoms with Crippen molar-refractivity contribution in [2.75, 3.05) is 13.6 Å². The topological polar surface area (TPSA) is 32.3 Å². The predicted octanol–water partition coefficient (Wildman–Crippen LogP) is 1.00. The van der Waals surface area contributed by atoms with Crippen molar-refractivity contribution < 1.29 is 5.11 Å². The molecule has 0 aromatic carbocycles. The van der Waals surface area contributed by atoms with Crippen LogP contribution in [0.5, 0.6) is 0 Å². The third-order valence-corrected chi connectivity index (χ3v) is 1.70. The Hall–Kier alpha value is -0.0800. The first-order chi connectivity index (χ1) is 4.68. The van der Waals surface area contributed by atoms with Crippen LogP contribution in [0, 0.1) is 5.92 Å². The van der Waals surface area contributed by atoms with Gasteiger partial charge in [-0.05, 0) is 32.4 Å². The summed E-state index contributed by atoms with van der Waals surface area (Å²) in [5.74, 6) is 0.400. The molecule has 1 atom stereocenters. The molecule has 0 aliphatic heterocycles. The molecule has 0 aromatic rings. The molecule has 0 saturated carbocycles. The standard InChI is InChI=1S/C8H19NO/c1-7(2)8(10)5-4-6-9-3/h7-10H,4-6H2,1-3H3. The number of aliphatic hydroxyl groups excluding tert-OH is 1. The minimum absolute atomic E-state index is 0.117. The molecule has 0 aliphatic rings. The molecule has 0 aliphatic carbocycles. The summed E-state index contributed by atoms with van der Waals surface area (Å²) in [6, 6.07) is 0. The van der Waals surface area contributed by atoms with Gasteiger partial charge in [-0.2, -0.15) is 0 Å². The first kappa shape index (κ1) is 9.92. The second kappa shape index (κ2) is 5.69. The summed E-state index contributed by atoms with van der Waals surface area (Å²) in [5, 5.41) is 12.4. The van der Waals surface area contributed by atoms with E-state index in [2.05, 4.69) is 5.32 Å². The van der Waals surface area contributed by atoms with Crippen molar-refractivity contribution in [1.29, 1.82) is 0 Å². The molecule has 2 heteroatoms. The summed E-state index contributed by atoms with van der Waals surface area (Å²) in [5.41, 5.74) is 0. The monoisotopic (exact) mass is 145 g/mol. The Balaban J connectivity index is 3.13. The largest absolute Gasteiger partial charge is 0.393 e. The molecule has 1 unspecified atom stereocenters. The Morgan fingerprint density at radius 2 is 2.00 bits per heavy atom. The van der Waals surface area contributed by atoms with E-state index in [-0.39, 0.29) is 6.10 Å². The summed E-state index contributed by atoms with van der Waals surface area (Å²) in [6.45, 7) is 5.10. The summed E-state index contributed by atoms with van der Waals surface area (Å²) >= 11 is 0. The van der Waals surface area contributed by atoms with E-state index >= 15 is 0 Å². The molecule has 0 bridgehead atoms. The van der Waals surface area contributed by atoms with E-state index in [9.17, 15) is 5.11 Å². The number of rotatable bonds is 5. The summed E-state index contributed by atoms with van der Waals surface area (Å²) in [4.78, 5) is 0. The minimum atomic E-state index is -0.117. The highest BCUT2D eigenvalue weighted by atomic mass is 16.3. The highest BCUT2D eigenvalue weighted by Crippen LogP contribution is 2.06. The Labute approximate surface area is 63.6 Å². The van der Waals surface area contributed by atoms with Crippen molar-refractivity contribution in [3.63, 3.8) is 0 Å². The number of aliphatic hydroxyl groups is 1. The van der Waals surface area contributed by atoms with Crippen LogP contribution in [0.25, 0.3) is 0 Å². The van der Waals surface area contributed by atoms with Crippen molar-refractivity contribution >= 4 is 0 Å². The highest BCUT2D eigenvalue weighted by molar-refractivity contribution is 4.59. The van der Waals surface area contributed by atoms with E-state index in [1.165, 1.54) is 0 Å². The van der Waals surface area contributed by atoms with Crippen LogP contribution >= 0.6 is 0 Å². The lowest BCUT2D eigenvalue weighted by atomic mass is 10.0. The maximum atomic E-state index is 9.33. The van der Waals surface area contributed by atoms with Crippen LogP contribution in [-0.2, 0) is 0 Å². The van der Waals surface area contributed by atoms with Gasteiger partial charge in [-0.1, -0.05) is 13.8 Å². The predicted molar refractivity (Wildman–Crippen MR) is 44.0 cm³/mol. The second-order valence-electron chi connectivity index (χ2n) is 3.06. The molecule has 0 amide bonds. The Morgan fingerprint density at radius 1 is 1.40 bits per heavy atom. The van der Waals surface area contributed by atoms with Crippen LogP contribution in [-0.4, -0.2) is 24.8 Å². The van der Waals surface area contributed by atoms with Crippen LogP contribution in [0.2, 0.25) is 0 Å². The first-order valence-electron chi connectivity index (χ1n) is 4.01. The Kier molecular flexibility index (Phi) is 5.64. The lowest BCUT2D eigenvalue weighted by Gasteiger charge is -2.13. The van der Waals surface area contributed by atoms with Crippen molar-refractivity contribution in [2.45, 2.75) is 32.8 Å². The fourth-order valence-corrected chi connectivity index (χ4v) is 0.821. The van der Waals surface area contributed by atoms with Crippen LogP contribution in [0.3, 0.4) is 0 Å². The third kappa shape index (κ3) is 4.77. The van der Waals surface area contributed by atoms with E-state index in [1.807, 2.05) is 20.9 Å². The molecular formula is C8H19NO. The SMILES string of the molecule is CNCCCC(O)C(C)C. The summed E-state index contributed by atoms with van der Waals surface area (Å²) < 4.78 is 0. The van der Waals surface area contributed by atoms with Gasteiger partial charge < -0.3 is 10.4 Å². The Morgan fingerprint density at radius 3 is 2.40 bits per heavy atom. The van der Waals surface area contributed by atoms with E-state index in [0.717, 1.165) is 19.4 Å². The van der Waals surface area contributed by atoms with Gasteiger partial charge in [-0.15, -0.1) is 0 Å². The Bertz CT molecular complexity index is 73.7. The maximum absolute atomic E-state index is 9.33. The number of nitrogens with one attached hydrogen (secondary N) is 1. The zero-order chi connectivity index (χ0) is 7.98. The molecule has 0 heterocycles. The molecule has 10 heavy (non-hydrogen) atoms. The summed E-state index contributed by atoms with van der Waals surface area (Å²) in [6.07, 6.45) is 1.86. The molecule has 0 radical (unpaired) electrons. The lowest BCUT2D eigenvalue weighted by molar-refractivity contribution is 0.114. The second-order valence-corrected chi connectivity index (χ2v) is 3.06. The van der Waals surface area contributed by atoms with Gasteiger partial charge in [0.25, 0.3) is 0 Å². The molecule has 0 aromatic heterocycles. The van der Waals surface area contributed by atoms with E-state index in [0.29, 0.717) is 5.92 Å². The fraction of sp³-hybridized carbons (Fsp3) is 1.00. The smallest absolute Gasteiger partial charge is 0.0563 e. The van der Waals surface area contributed by atoms with Gasteiger partial charge in [0.05, 0.1) is 6.10 Å². The van der Waals surface area contributed by atoms with Gasteiger partial charge in [0.1, 0.15) is 0 Å². The van der Waals surface area contributed by atoms with E-state index < -0.39 is 0 Å². The molecule has 2 N–H and O–H groups in total. The van der Waals surface area contributed by atoms with Crippen LogP contribution in [0.4, 0.5) is 0 Å². The van der Waals surface area contributed by atoms with Gasteiger partial charge in [0.2, 0.25) is 0 Å². The number of hydrogen-bond donors (Lipinski definition) is 2. The molecule has 2 nitrogen and oxygen atoms in total. The van der Waals surface area contributed by atoms with Crippen molar-refractivity contribution in [1.82, 2.24) is 5.32 Å². The lowest BCUT2D eigenvalue weighted by Crippen LogP contribution is -2.17. The normalized spacial score (nSPS) is 14.1. The van der Waals surface area contributed by atoms with Crippen LogP contribution < -0.4 is 5.32 Å². The van der Waals surface area contributed by atoms with Crippen LogP contribution in [0.15, 0.2) is 0 Å². The number of hydrogen-bond acceptors (Lipinski definition) is 2. The zero-order valence-electron chi connectivity index (χ0n) is 7.22. The third-order valence-electron chi connectivity index (χ3n) is 1.70. The van der Waals surface area contributed by atoms with Gasteiger partial charge in [-0.25, -0.2) is 0 Å².